The van der Waals surface area contributed by atoms with Crippen molar-refractivity contribution >= 4 is 0 Å². The maximum absolute atomic E-state index is 6.27. The summed E-state index contributed by atoms with van der Waals surface area (Å²) >= 11 is 0. The van der Waals surface area contributed by atoms with Crippen molar-refractivity contribution in [2.75, 3.05) is 13.2 Å². The Balaban J connectivity index is 1.54. The standard InChI is InChI=1S/C18H33NO/c1-14(2)19-13-16-6-7-17(16)15-8-11-20-18(12-15)9-4-3-5-10-18/h14-17,19H,3-13H2,1-2H3. The van der Waals surface area contributed by atoms with E-state index in [9.17, 15) is 0 Å². The molecule has 1 aliphatic heterocycles. The van der Waals surface area contributed by atoms with E-state index in [0.717, 1.165) is 24.4 Å². The van der Waals surface area contributed by atoms with Crippen molar-refractivity contribution in [1.29, 1.82) is 0 Å². The molecular formula is C18H33NO. The molecule has 3 unspecified atom stereocenters. The van der Waals surface area contributed by atoms with E-state index in [1.54, 1.807) is 0 Å². The molecule has 1 spiro atoms. The maximum Gasteiger partial charge on any atom is 0.0685 e. The molecule has 1 heterocycles. The monoisotopic (exact) mass is 279 g/mol. The van der Waals surface area contributed by atoms with Crippen LogP contribution in [0.4, 0.5) is 0 Å². The zero-order chi connectivity index (χ0) is 14.0. The second-order valence-electron chi connectivity index (χ2n) is 7.91. The van der Waals surface area contributed by atoms with Gasteiger partial charge in [-0.25, -0.2) is 0 Å². The Morgan fingerprint density at radius 1 is 1.10 bits per heavy atom. The number of nitrogens with one attached hydrogen (secondary N) is 1. The Bertz CT molecular complexity index is 303. The predicted molar refractivity (Wildman–Crippen MR) is 83.8 cm³/mol. The van der Waals surface area contributed by atoms with E-state index in [1.165, 1.54) is 64.3 Å². The lowest BCUT2D eigenvalue weighted by molar-refractivity contribution is -0.135. The Hall–Kier alpha value is -0.0800. The highest BCUT2D eigenvalue weighted by Crippen LogP contribution is 2.49. The molecule has 2 aliphatic carbocycles. The first-order valence-corrected chi connectivity index (χ1v) is 9.06. The highest BCUT2D eigenvalue weighted by atomic mass is 16.5. The van der Waals surface area contributed by atoms with Crippen LogP contribution in [0.3, 0.4) is 0 Å². The van der Waals surface area contributed by atoms with Gasteiger partial charge in [-0.15, -0.1) is 0 Å². The quantitative estimate of drug-likeness (QED) is 0.835. The van der Waals surface area contributed by atoms with Crippen LogP contribution in [-0.2, 0) is 4.74 Å². The van der Waals surface area contributed by atoms with Gasteiger partial charge in [0.25, 0.3) is 0 Å². The van der Waals surface area contributed by atoms with Crippen molar-refractivity contribution in [1.82, 2.24) is 5.32 Å². The fraction of sp³-hybridized carbons (Fsp3) is 1.00. The van der Waals surface area contributed by atoms with Gasteiger partial charge in [-0.2, -0.15) is 0 Å². The summed E-state index contributed by atoms with van der Waals surface area (Å²) in [5, 5.41) is 3.66. The molecule has 0 amide bonds. The van der Waals surface area contributed by atoms with Crippen molar-refractivity contribution in [2.24, 2.45) is 17.8 Å². The Labute approximate surface area is 125 Å². The summed E-state index contributed by atoms with van der Waals surface area (Å²) in [7, 11) is 0. The molecule has 0 aromatic heterocycles. The molecule has 0 aromatic carbocycles. The molecule has 3 atom stereocenters. The zero-order valence-corrected chi connectivity index (χ0v) is 13.5. The molecule has 0 bridgehead atoms. The van der Waals surface area contributed by atoms with Crippen molar-refractivity contribution in [3.63, 3.8) is 0 Å². The molecule has 2 heteroatoms. The normalized spacial score (nSPS) is 37.0. The molecule has 1 N–H and O–H groups in total. The molecule has 0 aromatic rings. The van der Waals surface area contributed by atoms with Gasteiger partial charge in [0.1, 0.15) is 0 Å². The predicted octanol–water partition coefficient (Wildman–Crippen LogP) is 4.14. The van der Waals surface area contributed by atoms with E-state index in [-0.39, 0.29) is 0 Å². The summed E-state index contributed by atoms with van der Waals surface area (Å²) in [6.07, 6.45) is 12.5. The van der Waals surface area contributed by atoms with Gasteiger partial charge in [-0.05, 0) is 62.8 Å². The van der Waals surface area contributed by atoms with Gasteiger partial charge in [0.05, 0.1) is 5.60 Å². The van der Waals surface area contributed by atoms with E-state index in [0.29, 0.717) is 11.6 Å². The molecule has 116 valence electrons. The second-order valence-corrected chi connectivity index (χ2v) is 7.91. The van der Waals surface area contributed by atoms with E-state index in [1.807, 2.05) is 0 Å². The van der Waals surface area contributed by atoms with Gasteiger partial charge in [-0.3, -0.25) is 0 Å². The third-order valence-corrected chi connectivity index (χ3v) is 6.17. The van der Waals surface area contributed by atoms with Gasteiger partial charge in [0.2, 0.25) is 0 Å². The van der Waals surface area contributed by atoms with Crippen molar-refractivity contribution in [3.05, 3.63) is 0 Å². The average molecular weight is 279 g/mol. The fourth-order valence-corrected chi connectivity index (χ4v) is 4.83. The van der Waals surface area contributed by atoms with E-state index < -0.39 is 0 Å². The van der Waals surface area contributed by atoms with Crippen molar-refractivity contribution < 1.29 is 4.74 Å². The summed E-state index contributed by atoms with van der Waals surface area (Å²) in [5.41, 5.74) is 0.298. The number of rotatable bonds is 4. The third kappa shape index (κ3) is 3.22. The summed E-state index contributed by atoms with van der Waals surface area (Å²) in [6.45, 7) is 6.80. The fourth-order valence-electron chi connectivity index (χ4n) is 4.83. The molecule has 2 saturated carbocycles. The number of hydrogen-bond acceptors (Lipinski definition) is 2. The lowest BCUT2D eigenvalue weighted by atomic mass is 9.62. The van der Waals surface area contributed by atoms with E-state index in [2.05, 4.69) is 19.2 Å². The SMILES string of the molecule is CC(C)NCC1CCC1C1CCOC2(CCCCC2)C1. The van der Waals surface area contributed by atoms with Crippen LogP contribution < -0.4 is 5.32 Å². The smallest absolute Gasteiger partial charge is 0.0685 e. The van der Waals surface area contributed by atoms with Crippen LogP contribution in [0.5, 0.6) is 0 Å². The number of ether oxygens (including phenoxy) is 1. The van der Waals surface area contributed by atoms with Crippen molar-refractivity contribution in [2.45, 2.75) is 83.3 Å². The van der Waals surface area contributed by atoms with Gasteiger partial charge >= 0.3 is 0 Å². The van der Waals surface area contributed by atoms with Crippen molar-refractivity contribution in [3.8, 4) is 0 Å². The molecule has 1 saturated heterocycles. The molecule has 3 aliphatic rings. The van der Waals surface area contributed by atoms with Gasteiger partial charge in [0.15, 0.2) is 0 Å². The van der Waals surface area contributed by atoms with Gasteiger partial charge in [-0.1, -0.05) is 33.1 Å². The first kappa shape index (κ1) is 14.8. The topological polar surface area (TPSA) is 21.3 Å². The molecule has 0 radical (unpaired) electrons. The summed E-state index contributed by atoms with van der Waals surface area (Å²) < 4.78 is 6.27. The number of hydrogen-bond donors (Lipinski definition) is 1. The minimum Gasteiger partial charge on any atom is -0.375 e. The lowest BCUT2D eigenvalue weighted by Gasteiger charge is -2.50. The summed E-state index contributed by atoms with van der Waals surface area (Å²) in [5.74, 6) is 2.89. The van der Waals surface area contributed by atoms with Crippen LogP contribution in [0.15, 0.2) is 0 Å². The van der Waals surface area contributed by atoms with E-state index in [4.69, 9.17) is 4.74 Å². The molecule has 3 fully saturated rings. The molecule has 20 heavy (non-hydrogen) atoms. The first-order valence-electron chi connectivity index (χ1n) is 9.06. The van der Waals surface area contributed by atoms with Gasteiger partial charge in [0, 0.05) is 12.6 Å². The van der Waals surface area contributed by atoms with Gasteiger partial charge < -0.3 is 10.1 Å². The second kappa shape index (κ2) is 6.36. The third-order valence-electron chi connectivity index (χ3n) is 6.17. The average Bonchev–Trinajstić information content (AvgIpc) is 2.38. The Morgan fingerprint density at radius 2 is 1.90 bits per heavy atom. The van der Waals surface area contributed by atoms with Crippen LogP contribution in [0, 0.1) is 17.8 Å². The molecular weight excluding hydrogens is 246 g/mol. The Kier molecular flexibility index (Phi) is 4.72. The van der Waals surface area contributed by atoms with Crippen LogP contribution >= 0.6 is 0 Å². The first-order chi connectivity index (χ1) is 9.69. The highest BCUT2D eigenvalue weighted by Gasteiger charge is 2.44. The van der Waals surface area contributed by atoms with Crippen LogP contribution in [0.1, 0.15) is 71.6 Å². The summed E-state index contributed by atoms with van der Waals surface area (Å²) in [6, 6.07) is 0.635. The zero-order valence-electron chi connectivity index (χ0n) is 13.5. The Morgan fingerprint density at radius 3 is 2.55 bits per heavy atom. The maximum atomic E-state index is 6.27. The minimum atomic E-state index is 0.298. The molecule has 2 nitrogen and oxygen atoms in total. The highest BCUT2D eigenvalue weighted by molar-refractivity contribution is 4.95. The van der Waals surface area contributed by atoms with E-state index >= 15 is 0 Å². The van der Waals surface area contributed by atoms with Crippen LogP contribution in [-0.4, -0.2) is 24.8 Å². The summed E-state index contributed by atoms with van der Waals surface area (Å²) in [4.78, 5) is 0. The minimum absolute atomic E-state index is 0.298. The molecule has 3 rings (SSSR count). The lowest BCUT2D eigenvalue weighted by Crippen LogP contribution is -2.48. The van der Waals surface area contributed by atoms with Crippen LogP contribution in [0.2, 0.25) is 0 Å². The largest absolute Gasteiger partial charge is 0.375 e. The van der Waals surface area contributed by atoms with Crippen LogP contribution in [0.25, 0.3) is 0 Å².